The highest BCUT2D eigenvalue weighted by molar-refractivity contribution is 5.77. The summed E-state index contributed by atoms with van der Waals surface area (Å²) in [4.78, 5) is 12.8. The van der Waals surface area contributed by atoms with Crippen LogP contribution in [0.4, 0.5) is 0 Å². The summed E-state index contributed by atoms with van der Waals surface area (Å²) in [5.41, 5.74) is 0.0923. The summed E-state index contributed by atoms with van der Waals surface area (Å²) in [5.74, 6) is 0.201. The fraction of sp³-hybridized carbons (Fsp3) is 0.900. The minimum atomic E-state index is -0.832. The number of hydrogen-bond acceptors (Lipinski definition) is 3. The summed E-state index contributed by atoms with van der Waals surface area (Å²) in [5, 5.41) is 33.3. The van der Waals surface area contributed by atoms with E-state index < -0.39 is 22.9 Å². The first-order chi connectivity index (χ1) is 15.6. The number of aliphatic carboxylic acids is 1. The topological polar surface area (TPSA) is 77.8 Å². The standard InChI is InChI=1S/C30H48O4/c1-25(2)14-15-30(24(33)34)17-23(32)29(7)18(19(30)16-25)8-9-21-27(5)12-11-22(31)26(3,4)20(27)10-13-28(21,29)6/h8,19-23,31-32H,9-17H2,1-7H3,(H,33,34)/t19-,20+,21-,22-,23+,27-,28+,29-,30-/m0/s1. The molecular formula is C30H48O4. The Bertz CT molecular complexity index is 919. The fourth-order valence-electron chi connectivity index (χ4n) is 10.7. The van der Waals surface area contributed by atoms with E-state index in [0.29, 0.717) is 24.7 Å². The lowest BCUT2D eigenvalue weighted by Gasteiger charge is -2.72. The third-order valence-corrected chi connectivity index (χ3v) is 13.1. The predicted molar refractivity (Wildman–Crippen MR) is 134 cm³/mol. The molecule has 0 aromatic heterocycles. The van der Waals surface area contributed by atoms with Gasteiger partial charge in [-0.2, -0.15) is 0 Å². The Morgan fingerprint density at radius 2 is 1.53 bits per heavy atom. The van der Waals surface area contributed by atoms with Crippen LogP contribution in [0, 0.1) is 50.2 Å². The normalized spacial score (nSPS) is 53.4. The molecule has 5 rings (SSSR count). The van der Waals surface area contributed by atoms with Crippen LogP contribution >= 0.6 is 0 Å². The van der Waals surface area contributed by atoms with Gasteiger partial charge in [-0.3, -0.25) is 4.79 Å². The van der Waals surface area contributed by atoms with Crippen molar-refractivity contribution in [3.05, 3.63) is 11.6 Å². The molecule has 0 aliphatic heterocycles. The van der Waals surface area contributed by atoms with Crippen LogP contribution in [0.2, 0.25) is 0 Å². The smallest absolute Gasteiger partial charge is 0.310 e. The minimum absolute atomic E-state index is 0.00933. The number of rotatable bonds is 1. The van der Waals surface area contributed by atoms with E-state index in [9.17, 15) is 20.1 Å². The van der Waals surface area contributed by atoms with Crippen molar-refractivity contribution < 1.29 is 20.1 Å². The van der Waals surface area contributed by atoms with Crippen molar-refractivity contribution in [3.63, 3.8) is 0 Å². The van der Waals surface area contributed by atoms with Gasteiger partial charge >= 0.3 is 5.97 Å². The highest BCUT2D eigenvalue weighted by Gasteiger charge is 2.71. The molecule has 0 amide bonds. The predicted octanol–water partition coefficient (Wildman–Crippen LogP) is 6.20. The first-order valence-corrected chi connectivity index (χ1v) is 13.9. The van der Waals surface area contributed by atoms with E-state index in [4.69, 9.17) is 0 Å². The molecule has 9 atom stereocenters. The minimum Gasteiger partial charge on any atom is -0.481 e. The van der Waals surface area contributed by atoms with Gasteiger partial charge in [0.1, 0.15) is 0 Å². The SMILES string of the molecule is CC1(C)CC[C@]2(C(=O)O)C[C@@H](O)[C@]3(C)C(=CC[C@H]4[C@@]5(C)CC[C@H](O)C(C)(C)[C@H]5CC[C@]43C)[C@@H]2C1. The van der Waals surface area contributed by atoms with E-state index in [-0.39, 0.29) is 33.7 Å². The van der Waals surface area contributed by atoms with Crippen LogP contribution in [0.5, 0.6) is 0 Å². The molecule has 5 aliphatic rings. The van der Waals surface area contributed by atoms with Gasteiger partial charge in [0.2, 0.25) is 0 Å². The number of aliphatic hydroxyl groups is 2. The maximum Gasteiger partial charge on any atom is 0.310 e. The maximum atomic E-state index is 12.8. The quantitative estimate of drug-likeness (QED) is 0.397. The summed E-state index contributed by atoms with van der Waals surface area (Å²) < 4.78 is 0. The second-order valence-electron chi connectivity index (χ2n) is 15.1. The summed E-state index contributed by atoms with van der Waals surface area (Å²) in [6.45, 7) is 16.3. The Kier molecular flexibility index (Phi) is 5.20. The molecule has 3 N–H and O–H groups in total. The zero-order valence-electron chi connectivity index (χ0n) is 22.6. The van der Waals surface area contributed by atoms with Crippen LogP contribution in [0.15, 0.2) is 11.6 Å². The first-order valence-electron chi connectivity index (χ1n) is 13.9. The van der Waals surface area contributed by atoms with Crippen molar-refractivity contribution in [1.29, 1.82) is 0 Å². The first kappa shape index (κ1) is 24.8. The van der Waals surface area contributed by atoms with Gasteiger partial charge in [0.15, 0.2) is 0 Å². The van der Waals surface area contributed by atoms with Crippen molar-refractivity contribution in [2.45, 2.75) is 118 Å². The molecule has 0 saturated heterocycles. The van der Waals surface area contributed by atoms with E-state index in [0.717, 1.165) is 44.9 Å². The molecule has 4 nitrogen and oxygen atoms in total. The van der Waals surface area contributed by atoms with Crippen molar-refractivity contribution in [2.75, 3.05) is 0 Å². The van der Waals surface area contributed by atoms with E-state index >= 15 is 0 Å². The second kappa shape index (κ2) is 7.12. The third-order valence-electron chi connectivity index (χ3n) is 13.1. The Labute approximate surface area is 206 Å². The monoisotopic (exact) mass is 472 g/mol. The summed E-state index contributed by atoms with van der Waals surface area (Å²) >= 11 is 0. The summed E-state index contributed by atoms with van der Waals surface area (Å²) in [6.07, 6.45) is 9.33. The lowest BCUT2D eigenvalue weighted by Crippen LogP contribution is -2.68. The van der Waals surface area contributed by atoms with Crippen molar-refractivity contribution in [2.24, 2.45) is 50.2 Å². The number of fused-ring (bicyclic) bond motifs is 7. The Morgan fingerprint density at radius 1 is 0.853 bits per heavy atom. The average Bonchev–Trinajstić information content (AvgIpc) is 2.72. The van der Waals surface area contributed by atoms with Gasteiger partial charge in [-0.05, 0) is 97.2 Å². The van der Waals surface area contributed by atoms with Gasteiger partial charge in [-0.25, -0.2) is 0 Å². The van der Waals surface area contributed by atoms with Crippen LogP contribution in [-0.4, -0.2) is 33.5 Å². The highest BCUT2D eigenvalue weighted by Crippen LogP contribution is 2.75. The lowest BCUT2D eigenvalue weighted by molar-refractivity contribution is -0.226. The Hall–Kier alpha value is -0.870. The number of allylic oxidation sites excluding steroid dienone is 1. The van der Waals surface area contributed by atoms with Gasteiger partial charge in [-0.15, -0.1) is 0 Å². The molecule has 0 heterocycles. The molecule has 34 heavy (non-hydrogen) atoms. The summed E-state index contributed by atoms with van der Waals surface area (Å²) in [6, 6.07) is 0. The molecule has 4 fully saturated rings. The zero-order valence-corrected chi connectivity index (χ0v) is 22.6. The van der Waals surface area contributed by atoms with Gasteiger partial charge in [0.05, 0.1) is 17.6 Å². The average molecular weight is 473 g/mol. The third kappa shape index (κ3) is 2.82. The van der Waals surface area contributed by atoms with Crippen molar-refractivity contribution in [1.82, 2.24) is 0 Å². The molecule has 0 aromatic carbocycles. The largest absolute Gasteiger partial charge is 0.481 e. The second-order valence-corrected chi connectivity index (χ2v) is 15.1. The fourth-order valence-corrected chi connectivity index (χ4v) is 10.7. The highest BCUT2D eigenvalue weighted by atomic mass is 16.4. The lowest BCUT2D eigenvalue weighted by atomic mass is 9.33. The van der Waals surface area contributed by atoms with E-state index in [2.05, 4.69) is 54.5 Å². The van der Waals surface area contributed by atoms with Crippen LogP contribution in [0.1, 0.15) is 106 Å². The molecular weight excluding hydrogens is 424 g/mol. The van der Waals surface area contributed by atoms with E-state index in [1.165, 1.54) is 5.57 Å². The van der Waals surface area contributed by atoms with Crippen LogP contribution in [0.25, 0.3) is 0 Å². The molecule has 5 aliphatic carbocycles. The van der Waals surface area contributed by atoms with E-state index in [1.807, 2.05) is 0 Å². The van der Waals surface area contributed by atoms with Gasteiger partial charge in [-0.1, -0.05) is 60.1 Å². The van der Waals surface area contributed by atoms with Crippen LogP contribution < -0.4 is 0 Å². The number of aliphatic hydroxyl groups excluding tert-OH is 2. The van der Waals surface area contributed by atoms with Gasteiger partial charge in [0, 0.05) is 5.41 Å². The zero-order chi connectivity index (χ0) is 25.1. The Morgan fingerprint density at radius 3 is 2.18 bits per heavy atom. The molecule has 0 spiro atoms. The molecule has 4 saturated carbocycles. The molecule has 0 aromatic rings. The number of carboxylic acid groups (broad SMARTS) is 1. The number of hydrogen-bond donors (Lipinski definition) is 3. The maximum absolute atomic E-state index is 12.8. The molecule has 192 valence electrons. The Balaban J connectivity index is 1.64. The van der Waals surface area contributed by atoms with Crippen molar-refractivity contribution >= 4 is 5.97 Å². The molecule has 0 unspecified atom stereocenters. The van der Waals surface area contributed by atoms with Crippen molar-refractivity contribution in [3.8, 4) is 0 Å². The molecule has 0 radical (unpaired) electrons. The summed E-state index contributed by atoms with van der Waals surface area (Å²) in [7, 11) is 0. The molecule has 4 heteroatoms. The number of carboxylic acids is 1. The van der Waals surface area contributed by atoms with E-state index in [1.54, 1.807) is 0 Å². The van der Waals surface area contributed by atoms with Gasteiger partial charge < -0.3 is 15.3 Å². The van der Waals surface area contributed by atoms with Gasteiger partial charge in [0.25, 0.3) is 0 Å². The van der Waals surface area contributed by atoms with Crippen LogP contribution in [-0.2, 0) is 4.79 Å². The van der Waals surface area contributed by atoms with Crippen LogP contribution in [0.3, 0.4) is 0 Å². The number of carbonyl (C=O) groups is 1. The molecule has 0 bridgehead atoms.